The van der Waals surface area contributed by atoms with Crippen LogP contribution in [0.4, 0.5) is 14.5 Å². The van der Waals surface area contributed by atoms with Gasteiger partial charge in [0.05, 0.1) is 10.5 Å². The lowest BCUT2D eigenvalue weighted by Crippen LogP contribution is -2.56. The fraction of sp³-hybridized carbons (Fsp3) is 0.200. The normalized spacial score (nSPS) is 18.5. The van der Waals surface area contributed by atoms with Crippen LogP contribution in [-0.4, -0.2) is 46.7 Å². The third-order valence-corrected chi connectivity index (χ3v) is 4.83. The van der Waals surface area contributed by atoms with Crippen molar-refractivity contribution in [3.63, 3.8) is 0 Å². The predicted molar refractivity (Wildman–Crippen MR) is 100 cm³/mol. The van der Waals surface area contributed by atoms with Gasteiger partial charge in [0.2, 0.25) is 5.91 Å². The SMILES string of the molecule is CN1C(=O)C(Cc2ccc(F)cc2)N(C)C(=O)/C1=C\c1c(F)cccc1[N+](=O)[O-]. The monoisotopic (exact) mass is 401 g/mol. The quantitative estimate of drug-likeness (QED) is 0.448. The molecule has 0 bridgehead atoms. The van der Waals surface area contributed by atoms with Crippen molar-refractivity contribution in [2.45, 2.75) is 12.5 Å². The summed E-state index contributed by atoms with van der Waals surface area (Å²) in [6, 6.07) is 8.07. The fourth-order valence-electron chi connectivity index (χ4n) is 3.16. The standard InChI is InChI=1S/C20H17F2N3O4/c1-23-17(10-12-6-8-13(21)9-7-12)19(26)24(2)18(20(23)27)11-14-15(22)4-3-5-16(14)25(28)29/h3-9,11,17H,10H2,1-2H3/b18-11+. The molecule has 1 atom stereocenters. The maximum absolute atomic E-state index is 14.2. The van der Waals surface area contributed by atoms with Crippen molar-refractivity contribution >= 4 is 23.6 Å². The molecule has 1 heterocycles. The van der Waals surface area contributed by atoms with Gasteiger partial charge in [0.1, 0.15) is 23.4 Å². The molecular formula is C20H17F2N3O4. The van der Waals surface area contributed by atoms with Crippen LogP contribution in [0.5, 0.6) is 0 Å². The molecule has 1 aliphatic rings. The summed E-state index contributed by atoms with van der Waals surface area (Å²) in [6.07, 6.45) is 1.18. The van der Waals surface area contributed by atoms with Crippen LogP contribution in [0, 0.1) is 21.7 Å². The molecule has 7 nitrogen and oxygen atoms in total. The lowest BCUT2D eigenvalue weighted by Gasteiger charge is -2.38. The Hall–Kier alpha value is -3.62. The number of nitro groups is 1. The molecule has 1 unspecified atom stereocenters. The second kappa shape index (κ2) is 7.78. The van der Waals surface area contributed by atoms with Crippen LogP contribution < -0.4 is 0 Å². The van der Waals surface area contributed by atoms with Crippen molar-refractivity contribution in [2.24, 2.45) is 0 Å². The van der Waals surface area contributed by atoms with Crippen LogP contribution in [0.1, 0.15) is 11.1 Å². The van der Waals surface area contributed by atoms with Crippen molar-refractivity contribution in [3.05, 3.63) is 81.0 Å². The molecule has 2 amide bonds. The summed E-state index contributed by atoms with van der Waals surface area (Å²) in [4.78, 5) is 38.4. The number of hydrogen-bond donors (Lipinski definition) is 0. The van der Waals surface area contributed by atoms with Gasteiger partial charge in [-0.25, -0.2) is 8.78 Å². The van der Waals surface area contributed by atoms with E-state index in [2.05, 4.69) is 0 Å². The van der Waals surface area contributed by atoms with Crippen molar-refractivity contribution < 1.29 is 23.3 Å². The minimum Gasteiger partial charge on any atom is -0.328 e. The molecule has 1 saturated heterocycles. The molecule has 1 fully saturated rings. The Balaban J connectivity index is 1.96. The molecule has 0 radical (unpaired) electrons. The topological polar surface area (TPSA) is 83.8 Å². The smallest absolute Gasteiger partial charge is 0.279 e. The van der Waals surface area contributed by atoms with Gasteiger partial charge in [-0.2, -0.15) is 0 Å². The summed E-state index contributed by atoms with van der Waals surface area (Å²) in [5.74, 6) is -2.32. The number of halogens is 2. The molecule has 9 heteroatoms. The van der Waals surface area contributed by atoms with Gasteiger partial charge in [0.25, 0.3) is 11.6 Å². The summed E-state index contributed by atoms with van der Waals surface area (Å²) >= 11 is 0. The molecule has 0 saturated carbocycles. The van der Waals surface area contributed by atoms with Gasteiger partial charge in [-0.15, -0.1) is 0 Å². The van der Waals surface area contributed by atoms with E-state index in [9.17, 15) is 28.5 Å². The average Bonchev–Trinajstić information content (AvgIpc) is 2.69. The molecule has 3 rings (SSSR count). The summed E-state index contributed by atoms with van der Waals surface area (Å²) in [5, 5.41) is 11.2. The van der Waals surface area contributed by atoms with E-state index in [0.717, 1.165) is 23.1 Å². The van der Waals surface area contributed by atoms with Gasteiger partial charge < -0.3 is 9.80 Å². The summed E-state index contributed by atoms with van der Waals surface area (Å²) in [7, 11) is 2.77. The number of benzene rings is 2. The zero-order valence-electron chi connectivity index (χ0n) is 15.6. The molecular weight excluding hydrogens is 384 g/mol. The molecule has 0 aromatic heterocycles. The summed E-state index contributed by atoms with van der Waals surface area (Å²) in [5.41, 5.74) is -0.413. The Bertz CT molecular complexity index is 1020. The average molecular weight is 401 g/mol. The summed E-state index contributed by atoms with van der Waals surface area (Å²) < 4.78 is 27.3. The van der Waals surface area contributed by atoms with Crippen LogP contribution in [0.2, 0.25) is 0 Å². The van der Waals surface area contributed by atoms with E-state index in [4.69, 9.17) is 0 Å². The number of likely N-dealkylation sites (N-methyl/N-ethyl adjacent to an activating group) is 2. The first-order valence-electron chi connectivity index (χ1n) is 8.64. The van der Waals surface area contributed by atoms with Gasteiger partial charge >= 0.3 is 0 Å². The second-order valence-electron chi connectivity index (χ2n) is 6.62. The van der Waals surface area contributed by atoms with E-state index in [1.165, 1.54) is 49.3 Å². The number of carbonyl (C=O) groups is 2. The molecule has 29 heavy (non-hydrogen) atoms. The predicted octanol–water partition coefficient (Wildman–Crippen LogP) is 2.76. The van der Waals surface area contributed by atoms with E-state index in [1.54, 1.807) is 0 Å². The zero-order valence-corrected chi connectivity index (χ0v) is 15.6. The Kier molecular flexibility index (Phi) is 5.40. The van der Waals surface area contributed by atoms with Gasteiger partial charge in [0.15, 0.2) is 0 Å². The van der Waals surface area contributed by atoms with Crippen molar-refractivity contribution in [2.75, 3.05) is 14.1 Å². The van der Waals surface area contributed by atoms with Gasteiger partial charge in [0, 0.05) is 26.6 Å². The van der Waals surface area contributed by atoms with Gasteiger partial charge in [-0.05, 0) is 29.8 Å². The lowest BCUT2D eigenvalue weighted by molar-refractivity contribution is -0.385. The van der Waals surface area contributed by atoms with Crippen LogP contribution >= 0.6 is 0 Å². The number of carbonyl (C=O) groups excluding carboxylic acids is 2. The van der Waals surface area contributed by atoms with Crippen LogP contribution in [0.15, 0.2) is 48.2 Å². The van der Waals surface area contributed by atoms with Crippen LogP contribution in [-0.2, 0) is 16.0 Å². The van der Waals surface area contributed by atoms with Crippen molar-refractivity contribution in [3.8, 4) is 0 Å². The molecule has 2 aromatic carbocycles. The number of amides is 2. The lowest BCUT2D eigenvalue weighted by atomic mass is 9.99. The Morgan fingerprint density at radius 3 is 2.38 bits per heavy atom. The molecule has 0 N–H and O–H groups in total. The van der Waals surface area contributed by atoms with E-state index in [1.807, 2.05) is 0 Å². The molecule has 0 spiro atoms. The highest BCUT2D eigenvalue weighted by molar-refractivity contribution is 6.07. The molecule has 1 aliphatic heterocycles. The molecule has 150 valence electrons. The zero-order chi connectivity index (χ0) is 21.3. The first kappa shape index (κ1) is 20.1. The van der Waals surface area contributed by atoms with Crippen molar-refractivity contribution in [1.82, 2.24) is 9.80 Å². The third kappa shape index (κ3) is 3.84. The second-order valence-corrected chi connectivity index (χ2v) is 6.62. The Morgan fingerprint density at radius 1 is 1.10 bits per heavy atom. The van der Waals surface area contributed by atoms with E-state index in [0.29, 0.717) is 5.56 Å². The first-order valence-corrected chi connectivity index (χ1v) is 8.64. The van der Waals surface area contributed by atoms with Crippen LogP contribution in [0.3, 0.4) is 0 Å². The van der Waals surface area contributed by atoms with Gasteiger partial charge in [-0.1, -0.05) is 18.2 Å². The number of hydrogen-bond acceptors (Lipinski definition) is 4. The fourth-order valence-corrected chi connectivity index (χ4v) is 3.16. The van der Waals surface area contributed by atoms with E-state index < -0.39 is 40.1 Å². The first-order chi connectivity index (χ1) is 13.7. The minimum atomic E-state index is -0.878. The number of rotatable bonds is 4. The van der Waals surface area contributed by atoms with Gasteiger partial charge in [-0.3, -0.25) is 19.7 Å². The van der Waals surface area contributed by atoms with E-state index in [-0.39, 0.29) is 17.7 Å². The third-order valence-electron chi connectivity index (χ3n) is 4.83. The van der Waals surface area contributed by atoms with Crippen LogP contribution in [0.25, 0.3) is 6.08 Å². The number of piperazine rings is 1. The number of nitrogens with zero attached hydrogens (tertiary/aromatic N) is 3. The molecule has 0 aliphatic carbocycles. The highest BCUT2D eigenvalue weighted by Gasteiger charge is 2.39. The Labute approximate surface area is 165 Å². The van der Waals surface area contributed by atoms with E-state index >= 15 is 0 Å². The summed E-state index contributed by atoms with van der Waals surface area (Å²) in [6.45, 7) is 0. The minimum absolute atomic E-state index is 0.165. The highest BCUT2D eigenvalue weighted by Crippen LogP contribution is 2.28. The molecule has 2 aromatic rings. The maximum Gasteiger partial charge on any atom is 0.279 e. The highest BCUT2D eigenvalue weighted by atomic mass is 19.1. The largest absolute Gasteiger partial charge is 0.328 e. The number of nitro benzene ring substituents is 1. The Morgan fingerprint density at radius 2 is 1.76 bits per heavy atom. The van der Waals surface area contributed by atoms with Crippen molar-refractivity contribution in [1.29, 1.82) is 0 Å². The maximum atomic E-state index is 14.2.